The maximum Gasteiger partial charge on any atom is 0.417 e. The molecule has 0 aromatic heterocycles. The van der Waals surface area contributed by atoms with Gasteiger partial charge < -0.3 is 5.32 Å². The van der Waals surface area contributed by atoms with E-state index in [-0.39, 0.29) is 18.7 Å². The Labute approximate surface area is 131 Å². The van der Waals surface area contributed by atoms with E-state index in [1.165, 1.54) is 0 Å². The molecule has 0 radical (unpaired) electrons. The van der Waals surface area contributed by atoms with Gasteiger partial charge in [-0.2, -0.15) is 13.2 Å². The van der Waals surface area contributed by atoms with Crippen molar-refractivity contribution in [3.8, 4) is 0 Å². The summed E-state index contributed by atoms with van der Waals surface area (Å²) in [6, 6.07) is 1.23. The van der Waals surface area contributed by atoms with Crippen LogP contribution in [-0.2, 0) is 16.2 Å². The van der Waals surface area contributed by atoms with E-state index in [2.05, 4.69) is 10.0 Å². The zero-order chi connectivity index (χ0) is 17.8. The highest BCUT2D eigenvalue weighted by atomic mass is 32.2. The number of halogens is 3. The second-order valence-electron chi connectivity index (χ2n) is 4.75. The van der Waals surface area contributed by atoms with E-state index in [4.69, 9.17) is 0 Å². The van der Waals surface area contributed by atoms with E-state index in [0.29, 0.717) is 12.6 Å². The molecule has 7 nitrogen and oxygen atoms in total. The Hall–Kier alpha value is -1.72. The number of alkyl halides is 3. The molecule has 1 aromatic carbocycles. The lowest BCUT2D eigenvalue weighted by Crippen LogP contribution is -2.39. The van der Waals surface area contributed by atoms with Gasteiger partial charge in [0.1, 0.15) is 0 Å². The minimum Gasteiger partial charge on any atom is -0.313 e. The maximum absolute atomic E-state index is 13.0. The molecule has 0 amide bonds. The molecule has 1 rings (SSSR count). The molecule has 0 unspecified atom stereocenters. The zero-order valence-corrected chi connectivity index (χ0v) is 13.2. The lowest BCUT2D eigenvalue weighted by Gasteiger charge is -2.16. The Balaban J connectivity index is 3.22. The van der Waals surface area contributed by atoms with Gasteiger partial charge in [-0.15, -0.1) is 0 Å². The van der Waals surface area contributed by atoms with Gasteiger partial charge in [0.15, 0.2) is 0 Å². The smallest absolute Gasteiger partial charge is 0.313 e. The summed E-state index contributed by atoms with van der Waals surface area (Å²) in [5.74, 6) is 0. The first-order valence-electron chi connectivity index (χ1n) is 6.57. The predicted octanol–water partition coefficient (Wildman–Crippen LogP) is 1.89. The minimum atomic E-state index is -5.04. The van der Waals surface area contributed by atoms with Gasteiger partial charge in [0, 0.05) is 24.7 Å². The Bertz CT molecular complexity index is 677. The molecule has 0 aliphatic heterocycles. The Morgan fingerprint density at radius 3 is 2.43 bits per heavy atom. The molecule has 0 aliphatic rings. The molecular weight excluding hydrogens is 339 g/mol. The van der Waals surface area contributed by atoms with Gasteiger partial charge in [0.05, 0.1) is 15.4 Å². The fourth-order valence-electron chi connectivity index (χ4n) is 1.82. The molecular formula is C12H16F3N3O4S. The summed E-state index contributed by atoms with van der Waals surface area (Å²) >= 11 is 0. The number of rotatable bonds is 7. The number of hydrogen-bond acceptors (Lipinski definition) is 5. The van der Waals surface area contributed by atoms with E-state index in [1.54, 1.807) is 13.8 Å². The summed E-state index contributed by atoms with van der Waals surface area (Å²) in [6.45, 7) is 3.90. The fraction of sp³-hybridized carbons (Fsp3) is 0.500. The third kappa shape index (κ3) is 5.15. The summed E-state index contributed by atoms with van der Waals surface area (Å²) in [4.78, 5) is 8.53. The van der Waals surface area contributed by atoms with Crippen molar-refractivity contribution in [1.82, 2.24) is 10.0 Å². The number of benzene rings is 1. The van der Waals surface area contributed by atoms with Crippen LogP contribution in [0, 0.1) is 10.1 Å². The van der Waals surface area contributed by atoms with E-state index in [0.717, 1.165) is 6.07 Å². The highest BCUT2D eigenvalue weighted by Crippen LogP contribution is 2.36. The first-order valence-corrected chi connectivity index (χ1v) is 8.06. The summed E-state index contributed by atoms with van der Waals surface area (Å²) in [5, 5.41) is 13.5. The van der Waals surface area contributed by atoms with Crippen LogP contribution in [0.25, 0.3) is 0 Å². The van der Waals surface area contributed by atoms with Gasteiger partial charge in [0.2, 0.25) is 10.0 Å². The second-order valence-corrected chi connectivity index (χ2v) is 6.48. The number of sulfonamides is 1. The van der Waals surface area contributed by atoms with Crippen molar-refractivity contribution < 1.29 is 26.5 Å². The number of non-ortho nitro benzene ring substituents is 1. The molecule has 0 aliphatic carbocycles. The first kappa shape index (κ1) is 19.3. The van der Waals surface area contributed by atoms with Crippen LogP contribution in [0.15, 0.2) is 23.1 Å². The molecule has 0 saturated heterocycles. The third-order valence-electron chi connectivity index (χ3n) is 2.90. The summed E-state index contributed by atoms with van der Waals surface area (Å²) in [7, 11) is -4.46. The molecule has 2 N–H and O–H groups in total. The maximum atomic E-state index is 13.0. The summed E-state index contributed by atoms with van der Waals surface area (Å²) < 4.78 is 65.3. The van der Waals surface area contributed by atoms with Crippen molar-refractivity contribution in [2.75, 3.05) is 13.1 Å². The van der Waals surface area contributed by atoms with E-state index >= 15 is 0 Å². The molecule has 0 saturated carbocycles. The Morgan fingerprint density at radius 1 is 1.35 bits per heavy atom. The van der Waals surface area contributed by atoms with Crippen LogP contribution >= 0.6 is 0 Å². The normalized spacial score (nSPS) is 13.8. The number of nitrogens with zero attached hydrogens (tertiary/aromatic N) is 1. The first-order chi connectivity index (χ1) is 10.5. The van der Waals surface area contributed by atoms with Crippen LogP contribution < -0.4 is 10.0 Å². The van der Waals surface area contributed by atoms with Crippen molar-refractivity contribution >= 4 is 15.7 Å². The summed E-state index contributed by atoms with van der Waals surface area (Å²) in [5.41, 5.74) is -2.41. The van der Waals surface area contributed by atoms with Crippen LogP contribution in [0.3, 0.4) is 0 Å². The van der Waals surface area contributed by atoms with Crippen molar-refractivity contribution in [1.29, 1.82) is 0 Å². The van der Waals surface area contributed by atoms with Gasteiger partial charge >= 0.3 is 6.18 Å². The summed E-state index contributed by atoms with van der Waals surface area (Å²) in [6.07, 6.45) is -5.04. The van der Waals surface area contributed by atoms with Crippen molar-refractivity contribution in [3.63, 3.8) is 0 Å². The fourth-order valence-corrected chi connectivity index (χ4v) is 3.16. The predicted molar refractivity (Wildman–Crippen MR) is 76.4 cm³/mol. The molecule has 1 aromatic rings. The monoisotopic (exact) mass is 355 g/mol. The van der Waals surface area contributed by atoms with Crippen LogP contribution in [0.5, 0.6) is 0 Å². The van der Waals surface area contributed by atoms with Crippen molar-refractivity contribution in [2.45, 2.75) is 31.0 Å². The molecule has 0 bridgehead atoms. The number of hydrogen-bond donors (Lipinski definition) is 2. The number of likely N-dealkylation sites (N-methyl/N-ethyl adjacent to an activating group) is 1. The van der Waals surface area contributed by atoms with Crippen LogP contribution in [0.4, 0.5) is 18.9 Å². The van der Waals surface area contributed by atoms with Gasteiger partial charge in [0.25, 0.3) is 5.69 Å². The molecule has 0 spiro atoms. The average Bonchev–Trinajstić information content (AvgIpc) is 2.44. The van der Waals surface area contributed by atoms with E-state index in [1.807, 2.05) is 0 Å². The number of nitrogens with one attached hydrogen (secondary N) is 2. The molecule has 0 heterocycles. The lowest BCUT2D eigenvalue weighted by atomic mass is 10.2. The largest absolute Gasteiger partial charge is 0.417 e. The molecule has 0 fully saturated rings. The zero-order valence-electron chi connectivity index (χ0n) is 12.3. The van der Waals surface area contributed by atoms with Crippen LogP contribution in [0.2, 0.25) is 0 Å². The van der Waals surface area contributed by atoms with E-state index < -0.39 is 37.3 Å². The van der Waals surface area contributed by atoms with Crippen LogP contribution in [0.1, 0.15) is 19.4 Å². The topological polar surface area (TPSA) is 101 Å². The van der Waals surface area contributed by atoms with E-state index in [9.17, 15) is 31.7 Å². The third-order valence-corrected chi connectivity index (χ3v) is 4.38. The number of nitro benzene ring substituents is 1. The second kappa shape index (κ2) is 7.23. The van der Waals surface area contributed by atoms with Crippen molar-refractivity contribution in [3.05, 3.63) is 33.9 Å². The molecule has 23 heavy (non-hydrogen) atoms. The quantitative estimate of drug-likeness (QED) is 0.574. The Morgan fingerprint density at radius 2 is 1.96 bits per heavy atom. The molecule has 11 heteroatoms. The van der Waals surface area contributed by atoms with Gasteiger partial charge in [-0.1, -0.05) is 6.92 Å². The van der Waals surface area contributed by atoms with Gasteiger partial charge in [-0.25, -0.2) is 13.1 Å². The Kier molecular flexibility index (Phi) is 6.08. The SMILES string of the molecule is CCN[C@H](C)CNS(=O)(=O)c1ccc([N+](=O)[O-])cc1C(F)(F)F. The minimum absolute atomic E-state index is 0.121. The highest BCUT2D eigenvalue weighted by Gasteiger charge is 2.38. The highest BCUT2D eigenvalue weighted by molar-refractivity contribution is 7.89. The molecule has 1 atom stereocenters. The van der Waals surface area contributed by atoms with Crippen molar-refractivity contribution in [2.24, 2.45) is 0 Å². The standard InChI is InChI=1S/C12H16F3N3O4S/c1-3-16-8(2)7-17-23(21,22)11-5-4-9(18(19)20)6-10(11)12(13,14)15/h4-6,8,16-17H,3,7H2,1-2H3/t8-/m1/s1. The van der Waals surface area contributed by atoms with Crippen LogP contribution in [-0.4, -0.2) is 32.5 Å². The van der Waals surface area contributed by atoms with Gasteiger partial charge in [-0.3, -0.25) is 10.1 Å². The lowest BCUT2D eigenvalue weighted by molar-refractivity contribution is -0.385. The number of nitro groups is 1. The van der Waals surface area contributed by atoms with Gasteiger partial charge in [-0.05, 0) is 19.5 Å². The molecule has 130 valence electrons. The average molecular weight is 355 g/mol.